The van der Waals surface area contributed by atoms with Gasteiger partial charge in [0.05, 0.1) is 29.4 Å². The Morgan fingerprint density at radius 3 is 2.33 bits per heavy atom. The number of rotatable bonds is 7. The molecule has 5 rings (SSSR count). The second kappa shape index (κ2) is 12.8. The van der Waals surface area contributed by atoms with Gasteiger partial charge < -0.3 is 19.4 Å². The van der Waals surface area contributed by atoms with Crippen LogP contribution in [0.15, 0.2) is 84.1 Å². The average molecular weight is 586 g/mol. The molecule has 2 aliphatic heterocycles. The van der Waals surface area contributed by atoms with Crippen molar-refractivity contribution in [1.29, 1.82) is 0 Å². The lowest BCUT2D eigenvalue weighted by Gasteiger charge is -2.36. The molecule has 2 heterocycles. The molecule has 42 heavy (non-hydrogen) atoms. The van der Waals surface area contributed by atoms with Gasteiger partial charge in [0.25, 0.3) is 5.91 Å². The minimum Gasteiger partial charge on any atom is -0.463 e. The van der Waals surface area contributed by atoms with E-state index in [2.05, 4.69) is 4.90 Å². The molecule has 1 fully saturated rings. The third-order valence-electron chi connectivity index (χ3n) is 8.07. The van der Waals surface area contributed by atoms with Gasteiger partial charge in [0.15, 0.2) is 0 Å². The molecule has 0 aromatic heterocycles. The summed E-state index contributed by atoms with van der Waals surface area (Å²) in [6.45, 7) is 8.66. The molecule has 0 bridgehead atoms. The van der Waals surface area contributed by atoms with E-state index >= 15 is 0 Å². The maximum absolute atomic E-state index is 13.5. The highest BCUT2D eigenvalue weighted by atomic mass is 35.5. The molecule has 0 spiro atoms. The van der Waals surface area contributed by atoms with Gasteiger partial charge in [-0.25, -0.2) is 4.79 Å². The molecule has 0 radical (unpaired) electrons. The molecule has 0 N–H and O–H groups in total. The SMILES string of the molecule is CCOC(=O)C1=C(C)N(Cc2cccc(C(=O)N3CCN(c4ccccc4Cl)CC3)c2)C(=O)CC1c1ccc(C)cc1. The molecule has 1 saturated heterocycles. The van der Waals surface area contributed by atoms with E-state index in [0.29, 0.717) is 48.0 Å². The Labute approximate surface area is 252 Å². The number of esters is 1. The molecule has 2 aliphatic rings. The summed E-state index contributed by atoms with van der Waals surface area (Å²) in [4.78, 5) is 45.8. The predicted octanol–water partition coefficient (Wildman–Crippen LogP) is 5.96. The summed E-state index contributed by atoms with van der Waals surface area (Å²) in [5.41, 5.74) is 5.49. The first-order chi connectivity index (χ1) is 20.3. The van der Waals surface area contributed by atoms with Gasteiger partial charge in [-0.2, -0.15) is 0 Å². The first-order valence-electron chi connectivity index (χ1n) is 14.4. The van der Waals surface area contributed by atoms with Crippen molar-refractivity contribution in [3.8, 4) is 0 Å². The predicted molar refractivity (Wildman–Crippen MR) is 164 cm³/mol. The first kappa shape index (κ1) is 29.4. The highest BCUT2D eigenvalue weighted by Crippen LogP contribution is 2.38. The Kier molecular flexibility index (Phi) is 8.97. The van der Waals surface area contributed by atoms with Gasteiger partial charge in [0, 0.05) is 49.8 Å². The Morgan fingerprint density at radius 2 is 1.64 bits per heavy atom. The number of allylic oxidation sites excluding steroid dienone is 1. The molecule has 7 nitrogen and oxygen atoms in total. The van der Waals surface area contributed by atoms with E-state index in [1.807, 2.05) is 84.6 Å². The molecule has 3 aromatic carbocycles. The van der Waals surface area contributed by atoms with Crippen LogP contribution in [0, 0.1) is 6.92 Å². The fourth-order valence-electron chi connectivity index (χ4n) is 5.79. The van der Waals surface area contributed by atoms with Crippen LogP contribution in [0.4, 0.5) is 5.69 Å². The molecule has 218 valence electrons. The third kappa shape index (κ3) is 6.21. The molecular formula is C34H36ClN3O4. The molecule has 3 aromatic rings. The number of halogens is 1. The smallest absolute Gasteiger partial charge is 0.336 e. The Hall–Kier alpha value is -4.10. The fraction of sp³-hybridized carbons (Fsp3) is 0.324. The average Bonchev–Trinajstić information content (AvgIpc) is 2.99. The lowest BCUT2D eigenvalue weighted by Crippen LogP contribution is -2.48. The fourth-order valence-corrected chi connectivity index (χ4v) is 6.04. The zero-order valence-electron chi connectivity index (χ0n) is 24.3. The molecule has 0 saturated carbocycles. The number of hydrogen-bond acceptors (Lipinski definition) is 5. The van der Waals surface area contributed by atoms with Crippen LogP contribution in [0.5, 0.6) is 0 Å². The van der Waals surface area contributed by atoms with E-state index in [4.69, 9.17) is 16.3 Å². The number of aryl methyl sites for hydroxylation is 1. The summed E-state index contributed by atoms with van der Waals surface area (Å²) in [5, 5.41) is 0.706. The van der Waals surface area contributed by atoms with Crippen LogP contribution < -0.4 is 4.90 Å². The van der Waals surface area contributed by atoms with Crippen molar-refractivity contribution < 1.29 is 19.1 Å². The summed E-state index contributed by atoms with van der Waals surface area (Å²) in [6.07, 6.45) is 0.170. The minimum absolute atomic E-state index is 0.0421. The van der Waals surface area contributed by atoms with E-state index in [1.165, 1.54) is 0 Å². The van der Waals surface area contributed by atoms with E-state index in [0.717, 1.165) is 22.4 Å². The summed E-state index contributed by atoms with van der Waals surface area (Å²) < 4.78 is 5.43. The quantitative estimate of drug-likeness (QED) is 0.320. The number of benzene rings is 3. The number of ether oxygens (including phenoxy) is 1. The first-order valence-corrected chi connectivity index (χ1v) is 14.8. The number of piperazine rings is 1. The topological polar surface area (TPSA) is 70.2 Å². The van der Waals surface area contributed by atoms with Crippen molar-refractivity contribution in [2.75, 3.05) is 37.7 Å². The van der Waals surface area contributed by atoms with Crippen molar-refractivity contribution in [3.63, 3.8) is 0 Å². The zero-order chi connectivity index (χ0) is 29.8. The van der Waals surface area contributed by atoms with Gasteiger partial charge in [0.1, 0.15) is 0 Å². The van der Waals surface area contributed by atoms with Gasteiger partial charge in [-0.05, 0) is 56.2 Å². The van der Waals surface area contributed by atoms with Gasteiger partial charge in [-0.1, -0.05) is 65.7 Å². The molecule has 0 aliphatic carbocycles. The lowest BCUT2D eigenvalue weighted by atomic mass is 9.83. The van der Waals surface area contributed by atoms with Gasteiger partial charge in [-0.15, -0.1) is 0 Å². The number of nitrogens with zero attached hydrogens (tertiary/aromatic N) is 3. The monoisotopic (exact) mass is 585 g/mol. The molecule has 1 atom stereocenters. The molecular weight excluding hydrogens is 550 g/mol. The molecule has 8 heteroatoms. The molecule has 2 amide bonds. The highest BCUT2D eigenvalue weighted by Gasteiger charge is 2.37. The van der Waals surface area contributed by atoms with Crippen LogP contribution in [-0.4, -0.2) is 60.4 Å². The number of carbonyl (C=O) groups excluding carboxylic acids is 3. The van der Waals surface area contributed by atoms with Gasteiger partial charge in [-0.3, -0.25) is 9.59 Å². The molecule has 1 unspecified atom stereocenters. The minimum atomic E-state index is -0.405. The van der Waals surface area contributed by atoms with Crippen LogP contribution in [0.2, 0.25) is 5.02 Å². The lowest BCUT2D eigenvalue weighted by molar-refractivity contribution is -0.140. The van der Waals surface area contributed by atoms with Crippen LogP contribution in [0.25, 0.3) is 0 Å². The van der Waals surface area contributed by atoms with Gasteiger partial charge in [0.2, 0.25) is 5.91 Å². The summed E-state index contributed by atoms with van der Waals surface area (Å²) >= 11 is 6.38. The second-order valence-electron chi connectivity index (χ2n) is 10.8. The summed E-state index contributed by atoms with van der Waals surface area (Å²) in [7, 11) is 0. The normalized spacial score (nSPS) is 17.5. The van der Waals surface area contributed by atoms with Crippen molar-refractivity contribution >= 4 is 35.1 Å². The summed E-state index contributed by atoms with van der Waals surface area (Å²) in [6, 6.07) is 23.1. The summed E-state index contributed by atoms with van der Waals surface area (Å²) in [5.74, 6) is -0.887. The van der Waals surface area contributed by atoms with E-state index in [9.17, 15) is 14.4 Å². The largest absolute Gasteiger partial charge is 0.463 e. The van der Waals surface area contributed by atoms with E-state index in [-0.39, 0.29) is 37.3 Å². The Balaban J connectivity index is 1.33. The number of carbonyl (C=O) groups is 3. The maximum atomic E-state index is 13.5. The van der Waals surface area contributed by atoms with E-state index < -0.39 is 5.97 Å². The third-order valence-corrected chi connectivity index (χ3v) is 8.39. The Morgan fingerprint density at radius 1 is 0.929 bits per heavy atom. The van der Waals surface area contributed by atoms with Gasteiger partial charge >= 0.3 is 5.97 Å². The second-order valence-corrected chi connectivity index (χ2v) is 11.2. The van der Waals surface area contributed by atoms with Crippen molar-refractivity contribution in [2.24, 2.45) is 0 Å². The van der Waals surface area contributed by atoms with Crippen LogP contribution in [0.3, 0.4) is 0 Å². The van der Waals surface area contributed by atoms with Crippen molar-refractivity contribution in [2.45, 2.75) is 39.7 Å². The zero-order valence-corrected chi connectivity index (χ0v) is 25.1. The van der Waals surface area contributed by atoms with Crippen LogP contribution in [-0.2, 0) is 20.9 Å². The van der Waals surface area contributed by atoms with Crippen LogP contribution >= 0.6 is 11.6 Å². The standard InChI is InChI=1S/C34H36ClN3O4/c1-4-42-34(41)32-24(3)38(31(39)21-28(32)26-14-12-23(2)13-15-26)22-25-8-7-9-27(20-25)33(40)37-18-16-36(17-19-37)30-11-6-5-10-29(30)35/h5-15,20,28H,4,16-19,21-22H2,1-3H3. The number of amides is 2. The number of hydrogen-bond donors (Lipinski definition) is 0. The number of para-hydroxylation sites is 1. The number of anilines is 1. The Bertz CT molecular complexity index is 1510. The van der Waals surface area contributed by atoms with Crippen molar-refractivity contribution in [3.05, 3.63) is 111 Å². The highest BCUT2D eigenvalue weighted by molar-refractivity contribution is 6.33. The maximum Gasteiger partial charge on any atom is 0.336 e. The van der Waals surface area contributed by atoms with Crippen molar-refractivity contribution in [1.82, 2.24) is 9.80 Å². The van der Waals surface area contributed by atoms with E-state index in [1.54, 1.807) is 18.7 Å². The van der Waals surface area contributed by atoms with Crippen LogP contribution in [0.1, 0.15) is 53.2 Å².